The van der Waals surface area contributed by atoms with Crippen LogP contribution in [-0.4, -0.2) is 54.0 Å². The maximum Gasteiger partial charge on any atom is 0.253 e. The highest BCUT2D eigenvalue weighted by molar-refractivity contribution is 7.09. The highest BCUT2D eigenvalue weighted by Gasteiger charge is 2.23. The second kappa shape index (κ2) is 8.50. The van der Waals surface area contributed by atoms with E-state index in [0.29, 0.717) is 6.61 Å². The maximum atomic E-state index is 12.7. The van der Waals surface area contributed by atoms with Crippen LogP contribution in [0.4, 0.5) is 0 Å². The molecule has 0 N–H and O–H groups in total. The predicted molar refractivity (Wildman–Crippen MR) is 109 cm³/mol. The second-order valence-corrected chi connectivity index (χ2v) is 8.95. The van der Waals surface area contributed by atoms with Gasteiger partial charge in [-0.15, -0.1) is 11.3 Å². The largest absolute Gasteiger partial charge is 0.380 e. The minimum atomic E-state index is 0.104. The fourth-order valence-electron chi connectivity index (χ4n) is 3.16. The molecule has 0 saturated carbocycles. The van der Waals surface area contributed by atoms with Gasteiger partial charge in [-0.2, -0.15) is 0 Å². The van der Waals surface area contributed by atoms with Crippen molar-refractivity contribution in [3.8, 4) is 0 Å². The number of carbonyl (C=O) groups is 1. The molecule has 3 rings (SSSR count). The van der Waals surface area contributed by atoms with Crippen LogP contribution in [0.25, 0.3) is 0 Å². The number of benzene rings is 1. The molecular weight excluding hydrogens is 358 g/mol. The number of hydrogen-bond acceptors (Lipinski definition) is 5. The standard InChI is InChI=1S/C21H29N3O2S/c1-21(2,3)20-22-18(15-27-20)13-23-9-11-24(12-10-23)19(25)17-7-5-16(6-8-17)14-26-4/h5-8,15H,9-14H2,1-4H3. The fraction of sp³-hybridized carbons (Fsp3) is 0.524. The van der Waals surface area contributed by atoms with Crippen molar-refractivity contribution in [1.82, 2.24) is 14.8 Å². The van der Waals surface area contributed by atoms with E-state index in [1.54, 1.807) is 18.4 Å². The summed E-state index contributed by atoms with van der Waals surface area (Å²) in [6.45, 7) is 11.3. The van der Waals surface area contributed by atoms with E-state index < -0.39 is 0 Å². The molecule has 1 saturated heterocycles. The lowest BCUT2D eigenvalue weighted by molar-refractivity contribution is 0.0627. The van der Waals surface area contributed by atoms with Crippen molar-refractivity contribution in [2.45, 2.75) is 39.3 Å². The Bertz CT molecular complexity index is 756. The van der Waals surface area contributed by atoms with E-state index in [0.717, 1.165) is 49.5 Å². The minimum Gasteiger partial charge on any atom is -0.380 e. The summed E-state index contributed by atoms with van der Waals surface area (Å²) in [4.78, 5) is 21.8. The third-order valence-corrected chi connectivity index (χ3v) is 6.07. The molecule has 27 heavy (non-hydrogen) atoms. The van der Waals surface area contributed by atoms with Crippen LogP contribution in [0.5, 0.6) is 0 Å². The molecule has 1 aliphatic heterocycles. The predicted octanol–water partition coefficient (Wildman–Crippen LogP) is 3.55. The van der Waals surface area contributed by atoms with Gasteiger partial charge in [-0.05, 0) is 17.7 Å². The van der Waals surface area contributed by atoms with Crippen LogP contribution in [-0.2, 0) is 23.3 Å². The quantitative estimate of drug-likeness (QED) is 0.787. The van der Waals surface area contributed by atoms with Gasteiger partial charge in [0.1, 0.15) is 0 Å². The molecule has 0 atom stereocenters. The van der Waals surface area contributed by atoms with Crippen molar-refractivity contribution >= 4 is 17.2 Å². The van der Waals surface area contributed by atoms with Gasteiger partial charge >= 0.3 is 0 Å². The molecule has 1 fully saturated rings. The van der Waals surface area contributed by atoms with E-state index in [4.69, 9.17) is 9.72 Å². The Morgan fingerprint density at radius 3 is 2.37 bits per heavy atom. The lowest BCUT2D eigenvalue weighted by atomic mass is 9.98. The third kappa shape index (κ3) is 5.15. The number of rotatable bonds is 5. The number of aromatic nitrogens is 1. The summed E-state index contributed by atoms with van der Waals surface area (Å²) < 4.78 is 5.12. The van der Waals surface area contributed by atoms with E-state index >= 15 is 0 Å². The van der Waals surface area contributed by atoms with Crippen LogP contribution >= 0.6 is 11.3 Å². The van der Waals surface area contributed by atoms with Gasteiger partial charge in [0.25, 0.3) is 5.91 Å². The van der Waals surface area contributed by atoms with Gasteiger partial charge in [0, 0.05) is 56.2 Å². The number of thiazole rings is 1. The van der Waals surface area contributed by atoms with E-state index in [9.17, 15) is 4.79 Å². The van der Waals surface area contributed by atoms with Crippen molar-refractivity contribution < 1.29 is 9.53 Å². The van der Waals surface area contributed by atoms with Crippen LogP contribution < -0.4 is 0 Å². The molecule has 1 amide bonds. The minimum absolute atomic E-state index is 0.104. The second-order valence-electron chi connectivity index (χ2n) is 8.09. The van der Waals surface area contributed by atoms with Crippen LogP contribution in [0, 0.1) is 0 Å². The zero-order valence-electron chi connectivity index (χ0n) is 16.7. The van der Waals surface area contributed by atoms with Gasteiger partial charge in [-0.3, -0.25) is 9.69 Å². The molecule has 2 aromatic rings. The Kier molecular flexibility index (Phi) is 6.29. The summed E-state index contributed by atoms with van der Waals surface area (Å²) in [5.41, 5.74) is 3.07. The van der Waals surface area contributed by atoms with Gasteiger partial charge in [0.2, 0.25) is 0 Å². The van der Waals surface area contributed by atoms with Crippen molar-refractivity contribution in [2.75, 3.05) is 33.3 Å². The number of hydrogen-bond donors (Lipinski definition) is 0. The molecule has 1 aromatic heterocycles. The lowest BCUT2D eigenvalue weighted by Crippen LogP contribution is -2.48. The first kappa shape index (κ1) is 20.0. The summed E-state index contributed by atoms with van der Waals surface area (Å²) in [6, 6.07) is 7.71. The highest BCUT2D eigenvalue weighted by Crippen LogP contribution is 2.26. The molecule has 5 nitrogen and oxygen atoms in total. The fourth-order valence-corrected chi connectivity index (χ4v) is 4.05. The molecule has 6 heteroatoms. The first-order valence-corrected chi connectivity index (χ1v) is 10.3. The smallest absolute Gasteiger partial charge is 0.253 e. The van der Waals surface area contributed by atoms with E-state index in [1.807, 2.05) is 29.2 Å². The Morgan fingerprint density at radius 1 is 1.15 bits per heavy atom. The van der Waals surface area contributed by atoms with Crippen LogP contribution in [0.15, 0.2) is 29.6 Å². The Morgan fingerprint density at radius 2 is 1.81 bits per heavy atom. The van der Waals surface area contributed by atoms with Gasteiger partial charge < -0.3 is 9.64 Å². The van der Waals surface area contributed by atoms with Gasteiger partial charge in [-0.1, -0.05) is 32.9 Å². The summed E-state index contributed by atoms with van der Waals surface area (Å²) in [7, 11) is 1.67. The summed E-state index contributed by atoms with van der Waals surface area (Å²) in [6.07, 6.45) is 0. The summed E-state index contributed by atoms with van der Waals surface area (Å²) in [5.74, 6) is 0.113. The van der Waals surface area contributed by atoms with Crippen molar-refractivity contribution in [3.63, 3.8) is 0 Å². The first-order valence-electron chi connectivity index (χ1n) is 9.41. The molecule has 0 radical (unpaired) electrons. The van der Waals surface area contributed by atoms with Crippen LogP contribution in [0.2, 0.25) is 0 Å². The average Bonchev–Trinajstić information content (AvgIpc) is 3.12. The van der Waals surface area contributed by atoms with Gasteiger partial charge in [0.15, 0.2) is 0 Å². The summed E-state index contributed by atoms with van der Waals surface area (Å²) >= 11 is 1.74. The molecule has 0 unspecified atom stereocenters. The molecule has 1 aromatic carbocycles. The SMILES string of the molecule is COCc1ccc(C(=O)N2CCN(Cc3csc(C(C)(C)C)n3)CC2)cc1. The van der Waals surface area contributed by atoms with Gasteiger partial charge in [-0.25, -0.2) is 4.98 Å². The maximum absolute atomic E-state index is 12.7. The molecule has 0 bridgehead atoms. The normalized spacial score (nSPS) is 15.9. The number of carbonyl (C=O) groups excluding carboxylic acids is 1. The Hall–Kier alpha value is -1.76. The van der Waals surface area contributed by atoms with E-state index in [2.05, 4.69) is 31.1 Å². The van der Waals surface area contributed by atoms with Crippen LogP contribution in [0.3, 0.4) is 0 Å². The van der Waals surface area contributed by atoms with E-state index in [1.165, 1.54) is 5.01 Å². The van der Waals surface area contributed by atoms with Gasteiger partial charge in [0.05, 0.1) is 17.3 Å². The molecule has 146 valence electrons. The number of piperazine rings is 1. The molecule has 1 aliphatic rings. The van der Waals surface area contributed by atoms with Crippen LogP contribution in [0.1, 0.15) is 47.4 Å². The third-order valence-electron chi connectivity index (χ3n) is 4.75. The number of ether oxygens (including phenoxy) is 1. The number of nitrogens with zero attached hydrogens (tertiary/aromatic N) is 3. The molecular formula is C21H29N3O2S. The van der Waals surface area contributed by atoms with Crippen molar-refractivity contribution in [2.24, 2.45) is 0 Å². The zero-order chi connectivity index (χ0) is 19.4. The highest BCUT2D eigenvalue weighted by atomic mass is 32.1. The average molecular weight is 388 g/mol. The Labute approximate surface area is 166 Å². The number of amides is 1. The number of methoxy groups -OCH3 is 1. The summed E-state index contributed by atoms with van der Waals surface area (Å²) in [5, 5.41) is 3.35. The lowest BCUT2D eigenvalue weighted by Gasteiger charge is -2.34. The first-order chi connectivity index (χ1) is 12.9. The monoisotopic (exact) mass is 387 g/mol. The molecule has 0 aliphatic carbocycles. The van der Waals surface area contributed by atoms with E-state index in [-0.39, 0.29) is 11.3 Å². The van der Waals surface area contributed by atoms with Crippen molar-refractivity contribution in [1.29, 1.82) is 0 Å². The Balaban J connectivity index is 1.52. The topological polar surface area (TPSA) is 45.7 Å². The zero-order valence-corrected chi connectivity index (χ0v) is 17.5. The molecule has 0 spiro atoms. The molecule has 2 heterocycles. The van der Waals surface area contributed by atoms with Crippen molar-refractivity contribution in [3.05, 3.63) is 51.5 Å².